The zero-order chi connectivity index (χ0) is 28.9. The first-order valence-corrected chi connectivity index (χ1v) is 15.2. The Morgan fingerprint density at radius 3 is 2.59 bits per heavy atom. The van der Waals surface area contributed by atoms with Crippen molar-refractivity contribution in [2.75, 3.05) is 17.7 Å². The van der Waals surface area contributed by atoms with Gasteiger partial charge < -0.3 is 9.80 Å². The molecule has 6 rings (SSSR count). The summed E-state index contributed by atoms with van der Waals surface area (Å²) in [6.07, 6.45) is 9.20. The van der Waals surface area contributed by atoms with Gasteiger partial charge in [-0.05, 0) is 54.5 Å². The van der Waals surface area contributed by atoms with E-state index in [9.17, 15) is 18.0 Å². The number of halogens is 4. The van der Waals surface area contributed by atoms with Crippen molar-refractivity contribution in [3.63, 3.8) is 0 Å². The molecule has 2 aromatic carbocycles. The molecule has 0 spiro atoms. The Kier molecular flexibility index (Phi) is 7.07. The highest BCUT2D eigenvalue weighted by molar-refractivity contribution is 8.19. The fourth-order valence-electron chi connectivity index (χ4n) is 5.33. The zero-order valence-corrected chi connectivity index (χ0v) is 24.0. The van der Waals surface area contributed by atoms with Crippen LogP contribution in [0.3, 0.4) is 0 Å². The van der Waals surface area contributed by atoms with Crippen LogP contribution >= 0.6 is 22.1 Å². The van der Waals surface area contributed by atoms with Crippen molar-refractivity contribution in [3.8, 4) is 0 Å². The number of hydrogen-bond acceptors (Lipinski definition) is 4. The summed E-state index contributed by atoms with van der Waals surface area (Å²) in [6, 6.07) is 12.1. The largest absolute Gasteiger partial charge is 0.416 e. The summed E-state index contributed by atoms with van der Waals surface area (Å²) in [5, 5.41) is 6.47. The van der Waals surface area contributed by atoms with Gasteiger partial charge in [-0.15, -0.1) is 10.5 Å². The SMILES string of the molecule is CCCN(Cc1ccc(C(F)(F)F)cc1)C(=O)N1N=CN2C1=CN(c1ccccc1Cl)C=C1C3=C(C=CC3)S(C)=C12. The number of amides is 2. The lowest BCUT2D eigenvalue weighted by molar-refractivity contribution is -0.137. The van der Waals surface area contributed by atoms with E-state index in [-0.39, 0.29) is 23.1 Å². The van der Waals surface area contributed by atoms with Crippen LogP contribution in [-0.4, -0.2) is 45.0 Å². The first kappa shape index (κ1) is 27.4. The first-order chi connectivity index (χ1) is 19.7. The van der Waals surface area contributed by atoms with Gasteiger partial charge in [-0.1, -0.05) is 54.9 Å². The number of carbonyl (C=O) groups is 1. The minimum Gasteiger partial charge on any atom is -0.318 e. The van der Waals surface area contributed by atoms with Gasteiger partial charge in [0.05, 0.1) is 27.5 Å². The molecule has 0 saturated heterocycles. The van der Waals surface area contributed by atoms with Crippen LogP contribution in [0, 0.1) is 0 Å². The monoisotopic (exact) mass is 597 g/mol. The average Bonchev–Trinajstić information content (AvgIpc) is 3.62. The molecule has 1 atom stereocenters. The third kappa shape index (κ3) is 4.89. The van der Waals surface area contributed by atoms with Gasteiger partial charge in [-0.2, -0.15) is 23.3 Å². The molecule has 6 nitrogen and oxygen atoms in total. The number of benzene rings is 2. The van der Waals surface area contributed by atoms with E-state index in [1.165, 1.54) is 27.6 Å². The Balaban J connectivity index is 1.36. The number of carbonyl (C=O) groups excluding carboxylic acids is 1. The summed E-state index contributed by atoms with van der Waals surface area (Å²) in [6.45, 7) is 2.51. The summed E-state index contributed by atoms with van der Waals surface area (Å²) < 4.78 is 39.2. The summed E-state index contributed by atoms with van der Waals surface area (Å²) in [5.41, 5.74) is 2.98. The van der Waals surface area contributed by atoms with Crippen LogP contribution in [0.5, 0.6) is 0 Å². The summed E-state index contributed by atoms with van der Waals surface area (Å²) in [5.74, 6) is 0.550. The Morgan fingerprint density at radius 1 is 1.12 bits per heavy atom. The highest BCUT2D eigenvalue weighted by Gasteiger charge is 2.40. The van der Waals surface area contributed by atoms with E-state index in [0.717, 1.165) is 34.8 Å². The van der Waals surface area contributed by atoms with Gasteiger partial charge in [0.15, 0.2) is 5.82 Å². The molecule has 0 radical (unpaired) electrons. The van der Waals surface area contributed by atoms with Gasteiger partial charge >= 0.3 is 12.2 Å². The van der Waals surface area contributed by atoms with Gasteiger partial charge in [-0.3, -0.25) is 4.90 Å². The molecule has 1 aliphatic carbocycles. The van der Waals surface area contributed by atoms with E-state index in [1.54, 1.807) is 11.2 Å². The number of nitrogens with zero attached hydrogens (tertiary/aromatic N) is 5. The third-order valence-electron chi connectivity index (χ3n) is 7.28. The Labute approximate surface area is 243 Å². The maximum atomic E-state index is 14.0. The summed E-state index contributed by atoms with van der Waals surface area (Å²) in [4.78, 5) is 21.9. The number of hydrazone groups is 1. The quantitative estimate of drug-likeness (QED) is 0.332. The molecule has 2 aromatic rings. The van der Waals surface area contributed by atoms with Crippen LogP contribution in [-0.2, 0) is 12.7 Å². The lowest BCUT2D eigenvalue weighted by atomic mass is 10.1. The van der Waals surface area contributed by atoms with Gasteiger partial charge in [0.1, 0.15) is 6.34 Å². The molecule has 3 aliphatic heterocycles. The fraction of sp³-hybridized carbons (Fsp3) is 0.233. The van der Waals surface area contributed by atoms with E-state index >= 15 is 0 Å². The maximum absolute atomic E-state index is 14.0. The molecule has 4 aliphatic rings. The standard InChI is InChI=1S/C30H27ClF3N5OS/c1-3-15-36(16-20-11-13-21(14-12-20)30(32,33)34)29(40)39-27-18-37(25-9-5-4-8-24(25)31)17-23-22-7-6-10-26(22)41(2)28(23)38(27)19-35-39/h4-6,8-14,17-19H,3,7,15-16H2,1-2H3. The average molecular weight is 598 g/mol. The summed E-state index contributed by atoms with van der Waals surface area (Å²) in [7, 11) is -0.245. The second-order valence-corrected chi connectivity index (χ2v) is 12.2. The van der Waals surface area contributed by atoms with Crippen LogP contribution in [0.15, 0.2) is 100 Å². The van der Waals surface area contributed by atoms with Gasteiger partial charge in [0.25, 0.3) is 0 Å². The predicted octanol–water partition coefficient (Wildman–Crippen LogP) is 7.71. The molecular weight excluding hydrogens is 571 g/mol. The van der Waals surface area contributed by atoms with Crippen molar-refractivity contribution in [3.05, 3.63) is 111 Å². The van der Waals surface area contributed by atoms with Gasteiger partial charge in [0.2, 0.25) is 0 Å². The molecule has 212 valence electrons. The molecule has 0 fully saturated rings. The van der Waals surface area contributed by atoms with Crippen molar-refractivity contribution >= 4 is 45.1 Å². The number of rotatable bonds is 5. The van der Waals surface area contributed by atoms with Gasteiger partial charge in [0, 0.05) is 29.8 Å². The first-order valence-electron chi connectivity index (χ1n) is 13.2. The maximum Gasteiger partial charge on any atom is 0.416 e. The number of para-hydroxylation sites is 1. The van der Waals surface area contributed by atoms with Crippen LogP contribution in [0.25, 0.3) is 0 Å². The molecule has 0 aromatic heterocycles. The normalized spacial score (nSPS) is 19.3. The topological polar surface area (TPSA) is 42.4 Å². The van der Waals surface area contributed by atoms with Crippen molar-refractivity contribution in [2.45, 2.75) is 32.5 Å². The molecule has 0 saturated carbocycles. The van der Waals surface area contributed by atoms with Crippen molar-refractivity contribution in [1.82, 2.24) is 14.8 Å². The highest BCUT2D eigenvalue weighted by atomic mass is 35.5. The molecule has 3 heterocycles. The second-order valence-electron chi connectivity index (χ2n) is 9.97. The Hall–Kier alpha value is -3.76. The minimum atomic E-state index is -4.42. The van der Waals surface area contributed by atoms with Crippen molar-refractivity contribution in [1.29, 1.82) is 0 Å². The lowest BCUT2D eigenvalue weighted by Crippen LogP contribution is -2.41. The van der Waals surface area contributed by atoms with E-state index in [2.05, 4.69) is 29.7 Å². The fourth-order valence-corrected chi connectivity index (χ4v) is 7.58. The molecule has 0 bridgehead atoms. The molecular formula is C30H27ClF3N5OS. The molecule has 11 heteroatoms. The number of fused-ring (bicyclic) bond motifs is 4. The Morgan fingerprint density at radius 2 is 1.88 bits per heavy atom. The lowest BCUT2D eigenvalue weighted by Gasteiger charge is -2.29. The molecule has 41 heavy (non-hydrogen) atoms. The summed E-state index contributed by atoms with van der Waals surface area (Å²) >= 11 is 6.62. The number of hydrogen-bond donors (Lipinski definition) is 0. The van der Waals surface area contributed by atoms with E-state index in [0.29, 0.717) is 29.4 Å². The van der Waals surface area contributed by atoms with E-state index in [1.807, 2.05) is 47.2 Å². The zero-order valence-electron chi connectivity index (χ0n) is 22.4. The van der Waals surface area contributed by atoms with Crippen LogP contribution in [0.1, 0.15) is 30.9 Å². The van der Waals surface area contributed by atoms with E-state index < -0.39 is 11.7 Å². The van der Waals surface area contributed by atoms with E-state index in [4.69, 9.17) is 11.6 Å². The smallest absolute Gasteiger partial charge is 0.318 e. The Bertz CT molecular complexity index is 1610. The third-order valence-corrected chi connectivity index (χ3v) is 9.64. The van der Waals surface area contributed by atoms with Crippen molar-refractivity contribution in [2.24, 2.45) is 5.10 Å². The molecule has 2 amide bonds. The van der Waals surface area contributed by atoms with Crippen LogP contribution in [0.4, 0.5) is 23.7 Å². The van der Waals surface area contributed by atoms with Gasteiger partial charge in [-0.25, -0.2) is 4.79 Å². The second kappa shape index (κ2) is 10.6. The van der Waals surface area contributed by atoms with Crippen LogP contribution < -0.4 is 4.90 Å². The molecule has 0 N–H and O–H groups in total. The predicted molar refractivity (Wildman–Crippen MR) is 159 cm³/mol. The van der Waals surface area contributed by atoms with Crippen molar-refractivity contribution < 1.29 is 18.0 Å². The number of urea groups is 1. The number of anilines is 1. The number of allylic oxidation sites excluding steroid dienone is 2. The minimum absolute atomic E-state index is 0.150. The number of alkyl halides is 3. The highest BCUT2D eigenvalue weighted by Crippen LogP contribution is 2.48. The molecule has 1 unspecified atom stereocenters. The van der Waals surface area contributed by atoms with Crippen LogP contribution in [0.2, 0.25) is 5.02 Å².